The second-order valence-corrected chi connectivity index (χ2v) is 4.30. The van der Waals surface area contributed by atoms with Crippen molar-refractivity contribution in [1.29, 1.82) is 0 Å². The summed E-state index contributed by atoms with van der Waals surface area (Å²) in [5.74, 6) is 0.963. The summed E-state index contributed by atoms with van der Waals surface area (Å²) in [4.78, 5) is 0. The Hall–Kier alpha value is -1.06. The van der Waals surface area contributed by atoms with E-state index in [1.807, 2.05) is 6.07 Å². The van der Waals surface area contributed by atoms with Crippen LogP contribution < -0.4 is 15.8 Å². The largest absolute Gasteiger partial charge is 0.496 e. The van der Waals surface area contributed by atoms with Gasteiger partial charge < -0.3 is 15.8 Å². The third-order valence-electron chi connectivity index (χ3n) is 2.86. The predicted octanol–water partition coefficient (Wildman–Crippen LogP) is 1.87. The van der Waals surface area contributed by atoms with Crippen molar-refractivity contribution in [2.75, 3.05) is 26.7 Å². The van der Waals surface area contributed by atoms with Crippen molar-refractivity contribution in [2.24, 2.45) is 5.73 Å². The van der Waals surface area contributed by atoms with Gasteiger partial charge in [-0.25, -0.2) is 0 Å². The Morgan fingerprint density at radius 2 is 2.06 bits per heavy atom. The molecule has 0 fully saturated rings. The standard InChI is InChI=1S/C14H24N2O/c1-12-11-13(5-6-14(12)17-2)7-10-16-9-4-3-8-15/h5-6,11,16H,3-4,7-10,15H2,1-2H3. The van der Waals surface area contributed by atoms with Crippen LogP contribution in [0.15, 0.2) is 18.2 Å². The fourth-order valence-electron chi connectivity index (χ4n) is 1.85. The average molecular weight is 236 g/mol. The summed E-state index contributed by atoms with van der Waals surface area (Å²) in [6.45, 7) is 4.96. The number of rotatable bonds is 8. The second-order valence-electron chi connectivity index (χ2n) is 4.30. The molecule has 0 saturated carbocycles. The van der Waals surface area contributed by atoms with E-state index in [1.54, 1.807) is 7.11 Å². The number of hydrogen-bond donors (Lipinski definition) is 2. The summed E-state index contributed by atoms with van der Waals surface area (Å²) in [6, 6.07) is 6.37. The zero-order chi connectivity index (χ0) is 12.5. The lowest BCUT2D eigenvalue weighted by Gasteiger charge is -2.08. The number of nitrogens with one attached hydrogen (secondary N) is 1. The minimum Gasteiger partial charge on any atom is -0.496 e. The summed E-state index contributed by atoms with van der Waals surface area (Å²) in [5.41, 5.74) is 8.00. The van der Waals surface area contributed by atoms with Gasteiger partial charge in [0.2, 0.25) is 0 Å². The Balaban J connectivity index is 2.25. The maximum atomic E-state index is 5.44. The summed E-state index contributed by atoms with van der Waals surface area (Å²) in [7, 11) is 1.71. The Bertz CT molecular complexity index is 326. The number of unbranched alkanes of at least 4 members (excludes halogenated alkanes) is 1. The first-order chi connectivity index (χ1) is 8.27. The normalized spacial score (nSPS) is 10.5. The fourth-order valence-corrected chi connectivity index (χ4v) is 1.85. The number of benzene rings is 1. The van der Waals surface area contributed by atoms with E-state index in [1.165, 1.54) is 11.1 Å². The first kappa shape index (κ1) is 14.0. The fraction of sp³-hybridized carbons (Fsp3) is 0.571. The topological polar surface area (TPSA) is 47.3 Å². The summed E-state index contributed by atoms with van der Waals surface area (Å²) in [5, 5.41) is 3.43. The van der Waals surface area contributed by atoms with Crippen LogP contribution in [-0.4, -0.2) is 26.7 Å². The average Bonchev–Trinajstić information content (AvgIpc) is 2.34. The molecule has 0 radical (unpaired) electrons. The number of aryl methyl sites for hydroxylation is 1. The lowest BCUT2D eigenvalue weighted by Crippen LogP contribution is -2.19. The molecule has 1 aromatic rings. The van der Waals surface area contributed by atoms with Gasteiger partial charge in [0.15, 0.2) is 0 Å². The van der Waals surface area contributed by atoms with Crippen molar-refractivity contribution in [3.8, 4) is 5.75 Å². The molecule has 96 valence electrons. The second kappa shape index (κ2) is 8.09. The Kier molecular flexibility index (Phi) is 6.67. The van der Waals surface area contributed by atoms with Crippen molar-refractivity contribution < 1.29 is 4.74 Å². The summed E-state index contributed by atoms with van der Waals surface area (Å²) < 4.78 is 5.24. The van der Waals surface area contributed by atoms with Crippen LogP contribution in [0.25, 0.3) is 0 Å². The van der Waals surface area contributed by atoms with Gasteiger partial charge in [0, 0.05) is 0 Å². The van der Waals surface area contributed by atoms with E-state index in [4.69, 9.17) is 10.5 Å². The smallest absolute Gasteiger partial charge is 0.121 e. The molecule has 0 spiro atoms. The monoisotopic (exact) mass is 236 g/mol. The van der Waals surface area contributed by atoms with Crippen LogP contribution >= 0.6 is 0 Å². The highest BCUT2D eigenvalue weighted by molar-refractivity contribution is 5.36. The molecule has 0 saturated heterocycles. The SMILES string of the molecule is COc1ccc(CCNCCCCN)cc1C. The number of hydrogen-bond acceptors (Lipinski definition) is 3. The molecule has 1 rings (SSSR count). The van der Waals surface area contributed by atoms with E-state index in [0.717, 1.165) is 44.6 Å². The van der Waals surface area contributed by atoms with Gasteiger partial charge in [0.25, 0.3) is 0 Å². The summed E-state index contributed by atoms with van der Waals surface area (Å²) in [6.07, 6.45) is 3.33. The van der Waals surface area contributed by atoms with Crippen LogP contribution in [-0.2, 0) is 6.42 Å². The molecule has 0 amide bonds. The number of ether oxygens (including phenoxy) is 1. The van der Waals surface area contributed by atoms with Crippen molar-refractivity contribution >= 4 is 0 Å². The van der Waals surface area contributed by atoms with Crippen molar-refractivity contribution in [2.45, 2.75) is 26.2 Å². The molecule has 0 atom stereocenters. The minimum atomic E-state index is 0.791. The Morgan fingerprint density at radius 3 is 2.71 bits per heavy atom. The summed E-state index contributed by atoms with van der Waals surface area (Å²) >= 11 is 0. The molecule has 17 heavy (non-hydrogen) atoms. The predicted molar refractivity (Wildman–Crippen MR) is 72.6 cm³/mol. The maximum Gasteiger partial charge on any atom is 0.121 e. The first-order valence-corrected chi connectivity index (χ1v) is 6.32. The molecule has 0 heterocycles. The van der Waals surface area contributed by atoms with Gasteiger partial charge in [0.05, 0.1) is 7.11 Å². The molecule has 3 nitrogen and oxygen atoms in total. The van der Waals surface area contributed by atoms with Gasteiger partial charge in [-0.2, -0.15) is 0 Å². The van der Waals surface area contributed by atoms with Gasteiger partial charge in [-0.15, -0.1) is 0 Å². The molecule has 3 N–H and O–H groups in total. The van der Waals surface area contributed by atoms with Crippen molar-refractivity contribution in [3.05, 3.63) is 29.3 Å². The van der Waals surface area contributed by atoms with E-state index < -0.39 is 0 Å². The van der Waals surface area contributed by atoms with Crippen LogP contribution in [0, 0.1) is 6.92 Å². The van der Waals surface area contributed by atoms with Crippen molar-refractivity contribution in [3.63, 3.8) is 0 Å². The minimum absolute atomic E-state index is 0.791. The van der Waals surface area contributed by atoms with Gasteiger partial charge in [-0.1, -0.05) is 12.1 Å². The highest BCUT2D eigenvalue weighted by atomic mass is 16.5. The highest BCUT2D eigenvalue weighted by Crippen LogP contribution is 2.18. The molecule has 0 aliphatic rings. The zero-order valence-corrected chi connectivity index (χ0v) is 11.0. The molecule has 3 heteroatoms. The molecule has 0 aliphatic heterocycles. The Labute approximate surface area is 104 Å². The van der Waals surface area contributed by atoms with Gasteiger partial charge in [0.1, 0.15) is 5.75 Å². The van der Waals surface area contributed by atoms with E-state index in [2.05, 4.69) is 24.4 Å². The molecule has 1 aromatic carbocycles. The Morgan fingerprint density at radius 1 is 1.24 bits per heavy atom. The molecule has 0 unspecified atom stereocenters. The van der Waals surface area contributed by atoms with Gasteiger partial charge >= 0.3 is 0 Å². The van der Waals surface area contributed by atoms with Crippen LogP contribution in [0.3, 0.4) is 0 Å². The van der Waals surface area contributed by atoms with Crippen molar-refractivity contribution in [1.82, 2.24) is 5.32 Å². The maximum absolute atomic E-state index is 5.44. The number of nitrogens with two attached hydrogens (primary N) is 1. The van der Waals surface area contributed by atoms with Crippen LogP contribution in [0.5, 0.6) is 5.75 Å². The molecular formula is C14H24N2O. The van der Waals surface area contributed by atoms with Gasteiger partial charge in [-0.3, -0.25) is 0 Å². The molecule has 0 aliphatic carbocycles. The molecule has 0 aromatic heterocycles. The van der Waals surface area contributed by atoms with E-state index in [0.29, 0.717) is 0 Å². The third-order valence-corrected chi connectivity index (χ3v) is 2.86. The zero-order valence-electron chi connectivity index (χ0n) is 11.0. The lowest BCUT2D eigenvalue weighted by molar-refractivity contribution is 0.411. The molecule has 0 bridgehead atoms. The number of methoxy groups -OCH3 is 1. The van der Waals surface area contributed by atoms with E-state index in [9.17, 15) is 0 Å². The van der Waals surface area contributed by atoms with E-state index in [-0.39, 0.29) is 0 Å². The van der Waals surface area contributed by atoms with Crippen LogP contribution in [0.4, 0.5) is 0 Å². The highest BCUT2D eigenvalue weighted by Gasteiger charge is 1.99. The molecular weight excluding hydrogens is 212 g/mol. The van der Waals surface area contributed by atoms with Crippen LogP contribution in [0.1, 0.15) is 24.0 Å². The lowest BCUT2D eigenvalue weighted by atomic mass is 10.1. The van der Waals surface area contributed by atoms with E-state index >= 15 is 0 Å². The quantitative estimate of drug-likeness (QED) is 0.677. The van der Waals surface area contributed by atoms with Gasteiger partial charge in [-0.05, 0) is 63.0 Å². The first-order valence-electron chi connectivity index (χ1n) is 6.32. The third kappa shape index (κ3) is 5.20. The van der Waals surface area contributed by atoms with Crippen LogP contribution in [0.2, 0.25) is 0 Å².